The number of rotatable bonds is 5. The van der Waals surface area contributed by atoms with Crippen LogP contribution >= 0.6 is 24.0 Å². The SMILES string of the molecule is CCN1C(=O)/C(=C2/C(=O)N(CC(=O)Nc3ccc(C(=O)OC)cc3)c3ccccc32)SC1=S. The summed E-state index contributed by atoms with van der Waals surface area (Å²) in [6, 6.07) is 13.2. The summed E-state index contributed by atoms with van der Waals surface area (Å²) in [6.07, 6.45) is 0. The molecule has 0 aromatic heterocycles. The number of esters is 1. The number of ether oxygens (including phenoxy) is 1. The van der Waals surface area contributed by atoms with Gasteiger partial charge in [-0.3, -0.25) is 24.2 Å². The third-order valence-corrected chi connectivity index (χ3v) is 6.66. The minimum absolute atomic E-state index is 0.244. The number of benzene rings is 2. The highest BCUT2D eigenvalue weighted by molar-refractivity contribution is 8.26. The van der Waals surface area contributed by atoms with Gasteiger partial charge < -0.3 is 10.1 Å². The number of nitrogens with zero attached hydrogens (tertiary/aromatic N) is 2. The molecule has 1 fully saturated rings. The molecule has 0 unspecified atom stereocenters. The molecule has 2 heterocycles. The number of hydrogen-bond acceptors (Lipinski definition) is 7. The number of para-hydroxylation sites is 1. The number of carbonyl (C=O) groups excluding carboxylic acids is 4. The van der Waals surface area contributed by atoms with Crippen molar-refractivity contribution in [1.29, 1.82) is 0 Å². The fraction of sp³-hybridized carbons (Fsp3) is 0.174. The molecule has 0 atom stereocenters. The van der Waals surface area contributed by atoms with E-state index in [1.807, 2.05) is 6.92 Å². The molecule has 168 valence electrons. The summed E-state index contributed by atoms with van der Waals surface area (Å²) in [5.74, 6) is -1.63. The molecular formula is C23H19N3O5S2. The first-order chi connectivity index (χ1) is 15.8. The number of carbonyl (C=O) groups is 4. The van der Waals surface area contributed by atoms with Gasteiger partial charge in [-0.2, -0.15) is 0 Å². The first-order valence-corrected chi connectivity index (χ1v) is 11.3. The number of thioether (sulfide) groups is 1. The van der Waals surface area contributed by atoms with Gasteiger partial charge in [-0.15, -0.1) is 0 Å². The highest BCUT2D eigenvalue weighted by Crippen LogP contribution is 2.44. The van der Waals surface area contributed by atoms with Crippen LogP contribution in [0.2, 0.25) is 0 Å². The number of amides is 3. The third kappa shape index (κ3) is 4.14. The molecule has 0 bridgehead atoms. The normalized spacial score (nSPS) is 17.5. The maximum atomic E-state index is 13.3. The Morgan fingerprint density at radius 3 is 2.36 bits per heavy atom. The molecule has 1 N–H and O–H groups in total. The van der Waals surface area contributed by atoms with Gasteiger partial charge >= 0.3 is 5.97 Å². The Bertz CT molecular complexity index is 1220. The average Bonchev–Trinajstić information content (AvgIpc) is 3.25. The topological polar surface area (TPSA) is 96.0 Å². The van der Waals surface area contributed by atoms with Crippen molar-refractivity contribution >= 4 is 68.9 Å². The van der Waals surface area contributed by atoms with E-state index in [1.165, 1.54) is 29.0 Å². The van der Waals surface area contributed by atoms with Gasteiger partial charge in [0.05, 0.1) is 28.8 Å². The van der Waals surface area contributed by atoms with Gasteiger partial charge in [0, 0.05) is 17.8 Å². The summed E-state index contributed by atoms with van der Waals surface area (Å²) in [4.78, 5) is 53.5. The Labute approximate surface area is 199 Å². The molecule has 2 aromatic rings. The van der Waals surface area contributed by atoms with Crippen LogP contribution in [0.4, 0.5) is 11.4 Å². The third-order valence-electron chi connectivity index (χ3n) is 5.21. The van der Waals surface area contributed by atoms with Crippen molar-refractivity contribution in [1.82, 2.24) is 4.90 Å². The molecule has 2 aromatic carbocycles. The minimum atomic E-state index is -0.479. The van der Waals surface area contributed by atoms with Crippen molar-refractivity contribution in [3.8, 4) is 0 Å². The Morgan fingerprint density at radius 2 is 1.73 bits per heavy atom. The fourth-order valence-corrected chi connectivity index (χ4v) is 5.09. The van der Waals surface area contributed by atoms with E-state index < -0.39 is 17.8 Å². The second kappa shape index (κ2) is 9.16. The average molecular weight is 482 g/mol. The van der Waals surface area contributed by atoms with Crippen LogP contribution in [0.3, 0.4) is 0 Å². The summed E-state index contributed by atoms with van der Waals surface area (Å²) in [5.41, 5.74) is 2.23. The molecule has 33 heavy (non-hydrogen) atoms. The maximum Gasteiger partial charge on any atom is 0.337 e. The van der Waals surface area contributed by atoms with Crippen LogP contribution < -0.4 is 10.2 Å². The predicted octanol–water partition coefficient (Wildman–Crippen LogP) is 3.05. The van der Waals surface area contributed by atoms with Crippen LogP contribution in [-0.2, 0) is 19.1 Å². The molecule has 10 heteroatoms. The van der Waals surface area contributed by atoms with Crippen molar-refractivity contribution < 1.29 is 23.9 Å². The predicted molar refractivity (Wildman–Crippen MR) is 130 cm³/mol. The van der Waals surface area contributed by atoms with Crippen molar-refractivity contribution in [3.05, 3.63) is 64.6 Å². The molecule has 0 aliphatic carbocycles. The van der Waals surface area contributed by atoms with Gasteiger partial charge in [0.1, 0.15) is 10.9 Å². The lowest BCUT2D eigenvalue weighted by Gasteiger charge is -2.17. The molecule has 0 saturated carbocycles. The van der Waals surface area contributed by atoms with Gasteiger partial charge in [0.15, 0.2) is 0 Å². The first-order valence-electron chi connectivity index (χ1n) is 10.0. The van der Waals surface area contributed by atoms with Crippen LogP contribution in [0.15, 0.2) is 53.4 Å². The highest BCUT2D eigenvalue weighted by atomic mass is 32.2. The Kier molecular flexibility index (Phi) is 6.30. The van der Waals surface area contributed by atoms with Gasteiger partial charge in [0.25, 0.3) is 11.8 Å². The molecule has 1 saturated heterocycles. The lowest BCUT2D eigenvalue weighted by molar-refractivity contribution is -0.122. The van der Waals surface area contributed by atoms with E-state index in [-0.39, 0.29) is 22.9 Å². The van der Waals surface area contributed by atoms with Crippen molar-refractivity contribution in [2.24, 2.45) is 0 Å². The summed E-state index contributed by atoms with van der Waals surface area (Å²) in [7, 11) is 1.29. The number of thiocarbonyl (C=S) groups is 1. The molecule has 0 radical (unpaired) electrons. The van der Waals surface area contributed by atoms with Crippen molar-refractivity contribution in [2.45, 2.75) is 6.92 Å². The van der Waals surface area contributed by atoms with Gasteiger partial charge in [-0.05, 0) is 37.3 Å². The molecule has 3 amide bonds. The monoisotopic (exact) mass is 481 g/mol. The molecule has 2 aliphatic heterocycles. The second-order valence-corrected chi connectivity index (χ2v) is 8.79. The zero-order valence-corrected chi connectivity index (χ0v) is 19.4. The lowest BCUT2D eigenvalue weighted by Crippen LogP contribution is -2.35. The highest BCUT2D eigenvalue weighted by Gasteiger charge is 2.41. The number of nitrogens with one attached hydrogen (secondary N) is 1. The smallest absolute Gasteiger partial charge is 0.337 e. The largest absolute Gasteiger partial charge is 0.465 e. The van der Waals surface area contributed by atoms with Crippen LogP contribution in [-0.4, -0.2) is 53.1 Å². The second-order valence-electron chi connectivity index (χ2n) is 7.15. The minimum Gasteiger partial charge on any atom is -0.465 e. The quantitative estimate of drug-likeness (QED) is 0.398. The maximum absolute atomic E-state index is 13.3. The fourth-order valence-electron chi connectivity index (χ4n) is 3.63. The van der Waals surface area contributed by atoms with Crippen LogP contribution in [0.5, 0.6) is 0 Å². The standard InChI is InChI=1S/C23H19N3O5S2/c1-3-25-21(29)19(33-23(25)32)18-15-6-4-5-7-16(15)26(20(18)28)12-17(27)24-14-10-8-13(9-11-14)22(30)31-2/h4-11H,3,12H2,1-2H3,(H,24,27)/b19-18-. The van der Waals surface area contributed by atoms with E-state index in [0.717, 1.165) is 11.8 Å². The number of likely N-dealkylation sites (N-methyl/N-ethyl adjacent to an activating group) is 1. The lowest BCUT2D eigenvalue weighted by atomic mass is 10.1. The van der Waals surface area contributed by atoms with Gasteiger partial charge in [0.2, 0.25) is 5.91 Å². The molecule has 4 rings (SSSR count). The van der Waals surface area contributed by atoms with E-state index in [1.54, 1.807) is 36.4 Å². The number of fused-ring (bicyclic) bond motifs is 1. The summed E-state index contributed by atoms with van der Waals surface area (Å²) in [5, 5.41) is 2.72. The van der Waals surface area contributed by atoms with E-state index in [9.17, 15) is 19.2 Å². The van der Waals surface area contributed by atoms with Crippen LogP contribution in [0.1, 0.15) is 22.8 Å². The zero-order valence-electron chi connectivity index (χ0n) is 17.8. The Hall–Kier alpha value is -3.50. The molecule has 2 aliphatic rings. The van der Waals surface area contributed by atoms with E-state index in [2.05, 4.69) is 10.1 Å². The molecule has 8 nitrogen and oxygen atoms in total. The van der Waals surface area contributed by atoms with Crippen molar-refractivity contribution in [3.63, 3.8) is 0 Å². The number of methoxy groups -OCH3 is 1. The molecular weight excluding hydrogens is 462 g/mol. The zero-order chi connectivity index (χ0) is 23.7. The van der Waals surface area contributed by atoms with E-state index in [0.29, 0.717) is 33.4 Å². The Morgan fingerprint density at radius 1 is 1.03 bits per heavy atom. The van der Waals surface area contributed by atoms with E-state index >= 15 is 0 Å². The van der Waals surface area contributed by atoms with Gasteiger partial charge in [-0.1, -0.05) is 42.2 Å². The van der Waals surface area contributed by atoms with Gasteiger partial charge in [-0.25, -0.2) is 4.79 Å². The summed E-state index contributed by atoms with van der Waals surface area (Å²) in [6.45, 7) is 1.99. The van der Waals surface area contributed by atoms with E-state index in [4.69, 9.17) is 12.2 Å². The van der Waals surface area contributed by atoms with Crippen LogP contribution in [0, 0.1) is 0 Å². The number of anilines is 2. The van der Waals surface area contributed by atoms with Crippen molar-refractivity contribution in [2.75, 3.05) is 30.4 Å². The Balaban J connectivity index is 1.58. The first kappa shape index (κ1) is 22.7. The summed E-state index contributed by atoms with van der Waals surface area (Å²) < 4.78 is 5.06. The van der Waals surface area contributed by atoms with Crippen LogP contribution in [0.25, 0.3) is 5.57 Å². The summed E-state index contributed by atoms with van der Waals surface area (Å²) >= 11 is 6.39. The number of hydrogen-bond donors (Lipinski definition) is 1. The molecule has 0 spiro atoms.